The number of anilines is 1. The lowest BCUT2D eigenvalue weighted by Gasteiger charge is -2.19. The van der Waals surface area contributed by atoms with Crippen molar-refractivity contribution in [3.05, 3.63) is 47.7 Å². The van der Waals surface area contributed by atoms with Gasteiger partial charge in [-0.1, -0.05) is 18.2 Å². The summed E-state index contributed by atoms with van der Waals surface area (Å²) in [5.41, 5.74) is 3.73. The Morgan fingerprint density at radius 2 is 1.85 bits per heavy atom. The fourth-order valence-corrected chi connectivity index (χ4v) is 2.67. The number of nitrogens with zero attached hydrogens (tertiary/aromatic N) is 1. The van der Waals surface area contributed by atoms with E-state index in [-0.39, 0.29) is 0 Å². The Morgan fingerprint density at radius 1 is 1.15 bits per heavy atom. The highest BCUT2D eigenvalue weighted by Crippen LogP contribution is 2.24. The lowest BCUT2D eigenvalue weighted by atomic mass is 10.1. The fraction of sp³-hybridized carbons (Fsp3) is 0.312. The number of carboxylic acids is 1. The molecular formula is C16H18N2O2. The van der Waals surface area contributed by atoms with Crippen LogP contribution in [0, 0.1) is 0 Å². The molecule has 2 aliphatic rings. The van der Waals surface area contributed by atoms with Gasteiger partial charge in [-0.3, -0.25) is 0 Å². The highest BCUT2D eigenvalue weighted by molar-refractivity contribution is 5.88. The maximum Gasteiger partial charge on any atom is 0.333 e. The molecule has 0 radical (unpaired) electrons. The summed E-state index contributed by atoms with van der Waals surface area (Å²) in [5.74, 6) is -0.864. The number of hydrogen-bond acceptors (Lipinski definition) is 3. The molecule has 4 heteroatoms. The van der Waals surface area contributed by atoms with Crippen molar-refractivity contribution in [2.24, 2.45) is 0 Å². The molecule has 1 saturated heterocycles. The molecule has 3 rings (SSSR count). The van der Waals surface area contributed by atoms with Gasteiger partial charge in [-0.05, 0) is 30.5 Å². The Labute approximate surface area is 118 Å². The molecule has 0 unspecified atom stereocenters. The van der Waals surface area contributed by atoms with Gasteiger partial charge >= 0.3 is 5.97 Å². The maximum atomic E-state index is 10.8. The molecule has 1 aromatic carbocycles. The van der Waals surface area contributed by atoms with Gasteiger partial charge in [-0.15, -0.1) is 0 Å². The number of dihydropyridines is 1. The van der Waals surface area contributed by atoms with Crippen LogP contribution in [-0.4, -0.2) is 24.2 Å². The molecule has 0 bridgehead atoms. The minimum absolute atomic E-state index is 0.391. The second kappa shape index (κ2) is 5.41. The van der Waals surface area contributed by atoms with E-state index in [0.29, 0.717) is 12.0 Å². The van der Waals surface area contributed by atoms with Crippen molar-refractivity contribution >= 4 is 17.4 Å². The predicted octanol–water partition coefficient (Wildman–Crippen LogP) is 2.59. The molecule has 2 heterocycles. The topological polar surface area (TPSA) is 52.6 Å². The number of allylic oxidation sites excluding steroid dienone is 1. The summed E-state index contributed by atoms with van der Waals surface area (Å²) in [6.45, 7) is 2.29. The molecule has 0 amide bonds. The molecule has 0 aromatic heterocycles. The van der Waals surface area contributed by atoms with Crippen molar-refractivity contribution < 1.29 is 9.90 Å². The largest absolute Gasteiger partial charge is 0.478 e. The summed E-state index contributed by atoms with van der Waals surface area (Å²) in [6, 6.07) is 8.46. The van der Waals surface area contributed by atoms with E-state index in [9.17, 15) is 4.79 Å². The Bertz CT molecular complexity index is 567. The molecule has 0 spiro atoms. The highest BCUT2D eigenvalue weighted by atomic mass is 16.4. The quantitative estimate of drug-likeness (QED) is 0.886. The van der Waals surface area contributed by atoms with Crippen LogP contribution in [0.1, 0.15) is 24.8 Å². The number of rotatable bonds is 3. The summed E-state index contributed by atoms with van der Waals surface area (Å²) in [5, 5.41) is 12.0. The minimum atomic E-state index is -0.864. The van der Waals surface area contributed by atoms with Gasteiger partial charge in [0, 0.05) is 37.1 Å². The average Bonchev–Trinajstić information content (AvgIpc) is 3.02. The first-order chi connectivity index (χ1) is 9.74. The van der Waals surface area contributed by atoms with Gasteiger partial charge in [0.2, 0.25) is 0 Å². The SMILES string of the molecule is O=C(O)C1=CNC(c2ccc(N3CCCC3)cc2)=CC1. The van der Waals surface area contributed by atoms with E-state index in [4.69, 9.17) is 5.11 Å². The number of carbonyl (C=O) groups is 1. The van der Waals surface area contributed by atoms with E-state index < -0.39 is 5.97 Å². The van der Waals surface area contributed by atoms with Crippen LogP contribution >= 0.6 is 0 Å². The van der Waals surface area contributed by atoms with Crippen LogP contribution in [0.3, 0.4) is 0 Å². The van der Waals surface area contributed by atoms with Gasteiger partial charge in [-0.2, -0.15) is 0 Å². The smallest absolute Gasteiger partial charge is 0.333 e. The first-order valence-electron chi connectivity index (χ1n) is 6.98. The molecule has 104 valence electrons. The fourth-order valence-electron chi connectivity index (χ4n) is 2.67. The molecule has 20 heavy (non-hydrogen) atoms. The van der Waals surface area contributed by atoms with Gasteiger partial charge in [0.25, 0.3) is 0 Å². The summed E-state index contributed by atoms with van der Waals surface area (Å²) in [7, 11) is 0. The van der Waals surface area contributed by atoms with Crippen LogP contribution in [0.2, 0.25) is 0 Å². The molecular weight excluding hydrogens is 252 g/mol. The third-order valence-electron chi connectivity index (χ3n) is 3.85. The molecule has 0 aliphatic carbocycles. The molecule has 0 saturated carbocycles. The van der Waals surface area contributed by atoms with Crippen molar-refractivity contribution in [2.45, 2.75) is 19.3 Å². The predicted molar refractivity (Wildman–Crippen MR) is 79.3 cm³/mol. The Hall–Kier alpha value is -2.23. The van der Waals surface area contributed by atoms with E-state index in [1.807, 2.05) is 6.08 Å². The second-order valence-electron chi connectivity index (χ2n) is 5.18. The summed E-state index contributed by atoms with van der Waals surface area (Å²) in [4.78, 5) is 13.2. The summed E-state index contributed by atoms with van der Waals surface area (Å²) in [6.07, 6.45) is 6.51. The first kappa shape index (κ1) is 12.8. The lowest BCUT2D eigenvalue weighted by molar-refractivity contribution is -0.132. The minimum Gasteiger partial charge on any atom is -0.478 e. The third-order valence-corrected chi connectivity index (χ3v) is 3.85. The van der Waals surface area contributed by atoms with Crippen LogP contribution < -0.4 is 10.2 Å². The average molecular weight is 270 g/mol. The molecule has 0 atom stereocenters. The van der Waals surface area contributed by atoms with Gasteiger partial charge in [0.05, 0.1) is 5.57 Å². The zero-order valence-electron chi connectivity index (χ0n) is 11.3. The third kappa shape index (κ3) is 2.54. The van der Waals surface area contributed by atoms with Gasteiger partial charge in [0.1, 0.15) is 0 Å². The first-order valence-corrected chi connectivity index (χ1v) is 6.98. The van der Waals surface area contributed by atoms with E-state index in [1.165, 1.54) is 18.5 Å². The standard InChI is InChI=1S/C16H18N2O2/c19-16(20)13-5-8-15(17-11-13)12-3-6-14(7-4-12)18-9-1-2-10-18/h3-4,6-8,11,17H,1-2,5,9-10H2,(H,19,20). The molecule has 2 N–H and O–H groups in total. The van der Waals surface area contributed by atoms with Crippen LogP contribution in [-0.2, 0) is 4.79 Å². The number of nitrogens with one attached hydrogen (secondary N) is 1. The number of hydrogen-bond donors (Lipinski definition) is 2. The van der Waals surface area contributed by atoms with Gasteiger partial charge < -0.3 is 15.3 Å². The molecule has 2 aliphatic heterocycles. The van der Waals surface area contributed by atoms with Crippen LogP contribution in [0.5, 0.6) is 0 Å². The normalized spacial score (nSPS) is 18.3. The van der Waals surface area contributed by atoms with E-state index in [2.05, 4.69) is 34.5 Å². The molecule has 1 aromatic rings. The van der Waals surface area contributed by atoms with Crippen molar-refractivity contribution in [3.8, 4) is 0 Å². The Morgan fingerprint density at radius 3 is 2.40 bits per heavy atom. The number of carboxylic acid groups (broad SMARTS) is 1. The summed E-state index contributed by atoms with van der Waals surface area (Å²) < 4.78 is 0. The van der Waals surface area contributed by atoms with Crippen LogP contribution in [0.15, 0.2) is 42.1 Å². The zero-order valence-corrected chi connectivity index (χ0v) is 11.3. The maximum absolute atomic E-state index is 10.8. The van der Waals surface area contributed by atoms with Crippen molar-refractivity contribution in [2.75, 3.05) is 18.0 Å². The van der Waals surface area contributed by atoms with Gasteiger partial charge in [-0.25, -0.2) is 4.79 Å². The Balaban J connectivity index is 1.71. The highest BCUT2D eigenvalue weighted by Gasteiger charge is 2.14. The zero-order chi connectivity index (χ0) is 13.9. The molecule has 4 nitrogen and oxygen atoms in total. The van der Waals surface area contributed by atoms with Crippen molar-refractivity contribution in [1.82, 2.24) is 5.32 Å². The van der Waals surface area contributed by atoms with E-state index in [1.54, 1.807) is 6.20 Å². The van der Waals surface area contributed by atoms with Crippen molar-refractivity contribution in [1.29, 1.82) is 0 Å². The van der Waals surface area contributed by atoms with E-state index in [0.717, 1.165) is 24.4 Å². The van der Waals surface area contributed by atoms with Crippen LogP contribution in [0.25, 0.3) is 5.70 Å². The monoisotopic (exact) mass is 270 g/mol. The lowest BCUT2D eigenvalue weighted by Crippen LogP contribution is -2.17. The molecule has 1 fully saturated rings. The van der Waals surface area contributed by atoms with Crippen LogP contribution in [0.4, 0.5) is 5.69 Å². The second-order valence-corrected chi connectivity index (χ2v) is 5.18. The van der Waals surface area contributed by atoms with E-state index >= 15 is 0 Å². The number of aliphatic carboxylic acids is 1. The van der Waals surface area contributed by atoms with Crippen molar-refractivity contribution in [3.63, 3.8) is 0 Å². The number of benzene rings is 1. The van der Waals surface area contributed by atoms with Gasteiger partial charge in [0.15, 0.2) is 0 Å². The Kier molecular flexibility index (Phi) is 3.46. The summed E-state index contributed by atoms with van der Waals surface area (Å²) >= 11 is 0.